The molecule has 1 rings (SSSR count). The average molecular weight is 338 g/mol. The van der Waals surface area contributed by atoms with Crippen molar-refractivity contribution >= 4 is 37.8 Å². The third kappa shape index (κ3) is 4.27. The van der Waals surface area contributed by atoms with Gasteiger partial charge in [-0.1, -0.05) is 0 Å². The van der Waals surface area contributed by atoms with E-state index in [2.05, 4.69) is 36.8 Å². The van der Waals surface area contributed by atoms with Gasteiger partial charge in [0.05, 0.1) is 12.2 Å². The van der Waals surface area contributed by atoms with Gasteiger partial charge < -0.3 is 5.11 Å². The molecule has 0 saturated heterocycles. The standard InChI is InChI=1S/C9H10Br2N2O2/c1-13(5-9(14)15)4-8-7(11)2-6(10)3-12-8/h2-3H,4-5H2,1H3,(H,14,15). The summed E-state index contributed by atoms with van der Waals surface area (Å²) in [5, 5.41) is 8.59. The van der Waals surface area contributed by atoms with Crippen LogP contribution < -0.4 is 0 Å². The number of likely N-dealkylation sites (N-methyl/N-ethyl adjacent to an activating group) is 1. The molecule has 0 fully saturated rings. The Hall–Kier alpha value is -0.460. The van der Waals surface area contributed by atoms with Crippen molar-refractivity contribution in [1.29, 1.82) is 0 Å². The Balaban J connectivity index is 2.68. The summed E-state index contributed by atoms with van der Waals surface area (Å²) in [6.45, 7) is 0.504. The molecule has 0 aliphatic heterocycles. The molecule has 0 radical (unpaired) electrons. The van der Waals surface area contributed by atoms with Crippen molar-refractivity contribution in [2.75, 3.05) is 13.6 Å². The number of aliphatic carboxylic acids is 1. The van der Waals surface area contributed by atoms with Crippen LogP contribution in [0.5, 0.6) is 0 Å². The van der Waals surface area contributed by atoms with Crippen molar-refractivity contribution in [3.63, 3.8) is 0 Å². The van der Waals surface area contributed by atoms with Gasteiger partial charge in [0, 0.05) is 21.7 Å². The van der Waals surface area contributed by atoms with Gasteiger partial charge in [-0.05, 0) is 45.0 Å². The van der Waals surface area contributed by atoms with Crippen LogP contribution in [0.4, 0.5) is 0 Å². The molecule has 0 atom stereocenters. The van der Waals surface area contributed by atoms with Crippen LogP contribution >= 0.6 is 31.9 Å². The van der Waals surface area contributed by atoms with Gasteiger partial charge >= 0.3 is 5.97 Å². The topological polar surface area (TPSA) is 53.4 Å². The molecule has 1 heterocycles. The van der Waals surface area contributed by atoms with E-state index in [1.165, 1.54) is 0 Å². The zero-order valence-corrected chi connectivity index (χ0v) is 11.2. The van der Waals surface area contributed by atoms with Crippen molar-refractivity contribution in [2.24, 2.45) is 0 Å². The fraction of sp³-hybridized carbons (Fsp3) is 0.333. The Morgan fingerprint density at radius 2 is 2.27 bits per heavy atom. The average Bonchev–Trinajstić information content (AvgIpc) is 2.08. The number of aromatic nitrogens is 1. The van der Waals surface area contributed by atoms with Crippen molar-refractivity contribution in [3.05, 3.63) is 26.9 Å². The highest BCUT2D eigenvalue weighted by atomic mass is 79.9. The summed E-state index contributed by atoms with van der Waals surface area (Å²) in [5.41, 5.74) is 0.821. The summed E-state index contributed by atoms with van der Waals surface area (Å²) in [5.74, 6) is -0.842. The van der Waals surface area contributed by atoms with Gasteiger partial charge in [0.15, 0.2) is 0 Å². The monoisotopic (exact) mass is 336 g/mol. The van der Waals surface area contributed by atoms with Gasteiger partial charge in [-0.25, -0.2) is 0 Å². The second-order valence-corrected chi connectivity index (χ2v) is 4.92. The van der Waals surface area contributed by atoms with Gasteiger partial charge in [0.2, 0.25) is 0 Å². The first-order chi connectivity index (χ1) is 6.99. The summed E-state index contributed by atoms with van der Waals surface area (Å²) < 4.78 is 1.76. The lowest BCUT2D eigenvalue weighted by Gasteiger charge is -2.14. The van der Waals surface area contributed by atoms with E-state index in [0.29, 0.717) is 6.54 Å². The first kappa shape index (κ1) is 12.6. The van der Waals surface area contributed by atoms with E-state index in [1.807, 2.05) is 6.07 Å². The highest BCUT2D eigenvalue weighted by Crippen LogP contribution is 2.20. The number of nitrogens with zero attached hydrogens (tertiary/aromatic N) is 2. The van der Waals surface area contributed by atoms with E-state index < -0.39 is 5.97 Å². The highest BCUT2D eigenvalue weighted by molar-refractivity contribution is 9.11. The summed E-state index contributed by atoms with van der Waals surface area (Å²) >= 11 is 6.68. The number of hydrogen-bond acceptors (Lipinski definition) is 3. The van der Waals surface area contributed by atoms with Gasteiger partial charge in [-0.15, -0.1) is 0 Å². The zero-order valence-electron chi connectivity index (χ0n) is 8.07. The van der Waals surface area contributed by atoms with Crippen molar-refractivity contribution in [3.8, 4) is 0 Å². The quantitative estimate of drug-likeness (QED) is 0.914. The number of pyridine rings is 1. The molecule has 0 spiro atoms. The van der Waals surface area contributed by atoms with Gasteiger partial charge in [-0.3, -0.25) is 14.7 Å². The predicted molar refractivity (Wildman–Crippen MR) is 63.6 cm³/mol. The Labute approximate surface area is 105 Å². The number of carboxylic acids is 1. The van der Waals surface area contributed by atoms with Crippen LogP contribution in [0.1, 0.15) is 5.69 Å². The Morgan fingerprint density at radius 3 is 2.80 bits per heavy atom. The van der Waals surface area contributed by atoms with Gasteiger partial charge in [-0.2, -0.15) is 0 Å². The minimum absolute atomic E-state index is 0.00415. The van der Waals surface area contributed by atoms with Crippen molar-refractivity contribution in [2.45, 2.75) is 6.54 Å². The van der Waals surface area contributed by atoms with Crippen LogP contribution in [0, 0.1) is 0 Å². The van der Waals surface area contributed by atoms with Crippen LogP contribution in [-0.2, 0) is 11.3 Å². The first-order valence-corrected chi connectivity index (χ1v) is 5.78. The normalized spacial score (nSPS) is 10.7. The van der Waals surface area contributed by atoms with Crippen molar-refractivity contribution < 1.29 is 9.90 Å². The molecule has 0 amide bonds. The Kier molecular flexibility index (Phi) is 4.69. The molecule has 0 aliphatic carbocycles. The molecule has 15 heavy (non-hydrogen) atoms. The van der Waals surface area contributed by atoms with E-state index in [4.69, 9.17) is 5.11 Å². The smallest absolute Gasteiger partial charge is 0.317 e. The van der Waals surface area contributed by atoms with E-state index in [-0.39, 0.29) is 6.54 Å². The van der Waals surface area contributed by atoms with Crippen LogP contribution in [0.2, 0.25) is 0 Å². The molecule has 0 unspecified atom stereocenters. The number of halogens is 2. The van der Waals surface area contributed by atoms with Crippen molar-refractivity contribution in [1.82, 2.24) is 9.88 Å². The van der Waals surface area contributed by atoms with Crippen LogP contribution in [0.3, 0.4) is 0 Å². The minimum atomic E-state index is -0.842. The third-order valence-corrected chi connectivity index (χ3v) is 2.83. The molecule has 0 aromatic carbocycles. The molecule has 1 N–H and O–H groups in total. The number of rotatable bonds is 4. The van der Waals surface area contributed by atoms with E-state index in [1.54, 1.807) is 18.1 Å². The third-order valence-electron chi connectivity index (χ3n) is 1.71. The molecule has 0 aliphatic rings. The second-order valence-electron chi connectivity index (χ2n) is 3.15. The molecular weight excluding hydrogens is 328 g/mol. The van der Waals surface area contributed by atoms with E-state index in [0.717, 1.165) is 14.6 Å². The lowest BCUT2D eigenvalue weighted by Crippen LogP contribution is -2.25. The summed E-state index contributed by atoms with van der Waals surface area (Å²) in [6, 6.07) is 1.89. The molecule has 4 nitrogen and oxygen atoms in total. The molecule has 6 heteroatoms. The summed E-state index contributed by atoms with van der Waals surface area (Å²) in [6.07, 6.45) is 1.69. The molecule has 1 aromatic rings. The number of carbonyl (C=O) groups is 1. The highest BCUT2D eigenvalue weighted by Gasteiger charge is 2.08. The van der Waals surface area contributed by atoms with Crippen LogP contribution in [-0.4, -0.2) is 34.6 Å². The maximum Gasteiger partial charge on any atom is 0.317 e. The van der Waals surface area contributed by atoms with Gasteiger partial charge in [0.1, 0.15) is 0 Å². The zero-order chi connectivity index (χ0) is 11.4. The number of carboxylic acid groups (broad SMARTS) is 1. The van der Waals surface area contributed by atoms with Crippen LogP contribution in [0.25, 0.3) is 0 Å². The Bertz CT molecular complexity index is 371. The lowest BCUT2D eigenvalue weighted by atomic mass is 10.3. The summed E-state index contributed by atoms with van der Waals surface area (Å²) in [4.78, 5) is 16.3. The molecule has 1 aromatic heterocycles. The lowest BCUT2D eigenvalue weighted by molar-refractivity contribution is -0.138. The summed E-state index contributed by atoms with van der Waals surface area (Å²) in [7, 11) is 1.74. The maximum atomic E-state index is 10.5. The van der Waals surface area contributed by atoms with E-state index >= 15 is 0 Å². The van der Waals surface area contributed by atoms with Gasteiger partial charge in [0.25, 0.3) is 0 Å². The molecule has 0 saturated carbocycles. The fourth-order valence-corrected chi connectivity index (χ4v) is 2.21. The second kappa shape index (κ2) is 5.58. The van der Waals surface area contributed by atoms with E-state index in [9.17, 15) is 4.79 Å². The fourth-order valence-electron chi connectivity index (χ4n) is 1.10. The SMILES string of the molecule is CN(CC(=O)O)Cc1ncc(Br)cc1Br. The minimum Gasteiger partial charge on any atom is -0.480 e. The maximum absolute atomic E-state index is 10.5. The molecule has 82 valence electrons. The predicted octanol–water partition coefficient (Wildman–Crippen LogP) is 2.12. The largest absolute Gasteiger partial charge is 0.480 e. The molecular formula is C9H10Br2N2O2. The Morgan fingerprint density at radius 1 is 1.60 bits per heavy atom. The molecule has 0 bridgehead atoms. The van der Waals surface area contributed by atoms with Crippen LogP contribution in [0.15, 0.2) is 21.2 Å². The number of hydrogen-bond donors (Lipinski definition) is 1. The first-order valence-electron chi connectivity index (χ1n) is 4.19.